The van der Waals surface area contributed by atoms with Gasteiger partial charge in [0, 0.05) is 24.3 Å². The molecule has 0 saturated carbocycles. The highest BCUT2D eigenvalue weighted by Gasteiger charge is 2.04. The van der Waals surface area contributed by atoms with Crippen molar-refractivity contribution in [1.82, 2.24) is 14.9 Å². The second-order valence-electron chi connectivity index (χ2n) is 3.86. The summed E-state index contributed by atoms with van der Waals surface area (Å²) >= 11 is 0. The van der Waals surface area contributed by atoms with Gasteiger partial charge in [0.2, 0.25) is 0 Å². The number of hydrogen-bond donors (Lipinski definition) is 1. The van der Waals surface area contributed by atoms with Gasteiger partial charge in [-0.1, -0.05) is 6.92 Å². The molecule has 2 heterocycles. The topological polar surface area (TPSA) is 31.9 Å². The third kappa shape index (κ3) is 2.18. The maximum Gasteiger partial charge on any atom is 0.137 e. The van der Waals surface area contributed by atoms with Crippen LogP contribution in [0.3, 0.4) is 0 Å². The fraction of sp³-hybridized carbons (Fsp3) is 0.417. The number of H-pyrrole nitrogens is 1. The average molecular weight is 203 g/mol. The molecule has 0 bridgehead atoms. The molecule has 0 unspecified atom stereocenters. The van der Waals surface area contributed by atoms with E-state index >= 15 is 0 Å². The molecular weight excluding hydrogens is 186 g/mol. The predicted molar refractivity (Wildman–Crippen MR) is 63.0 cm³/mol. The number of aromatic amines is 1. The van der Waals surface area contributed by atoms with Crippen LogP contribution in [0.4, 0.5) is 0 Å². The van der Waals surface area contributed by atoms with Gasteiger partial charge in [0.05, 0.1) is 0 Å². The summed E-state index contributed by atoms with van der Waals surface area (Å²) < 4.78 is 0. The molecule has 0 radical (unpaired) electrons. The largest absolute Gasteiger partial charge is 0.346 e. The Morgan fingerprint density at radius 2 is 2.33 bits per heavy atom. The molecule has 0 fully saturated rings. The summed E-state index contributed by atoms with van der Waals surface area (Å²) in [7, 11) is 2.15. The van der Waals surface area contributed by atoms with Crippen LogP contribution in [0.15, 0.2) is 24.5 Å². The summed E-state index contributed by atoms with van der Waals surface area (Å²) in [6.45, 7) is 4.37. The number of nitrogens with zero attached hydrogens (tertiary/aromatic N) is 2. The second-order valence-corrected chi connectivity index (χ2v) is 3.86. The highest BCUT2D eigenvalue weighted by Crippen LogP contribution is 2.15. The molecule has 1 N–H and O–H groups in total. The third-order valence-electron chi connectivity index (χ3n) is 2.84. The van der Waals surface area contributed by atoms with E-state index in [-0.39, 0.29) is 0 Å². The summed E-state index contributed by atoms with van der Waals surface area (Å²) in [6, 6.07) is 4.11. The van der Waals surface area contributed by atoms with Gasteiger partial charge >= 0.3 is 0 Å². The van der Waals surface area contributed by atoms with Gasteiger partial charge in [-0.3, -0.25) is 0 Å². The lowest BCUT2D eigenvalue weighted by atomic mass is 10.1. The minimum Gasteiger partial charge on any atom is -0.346 e. The Kier molecular flexibility index (Phi) is 3.02. The van der Waals surface area contributed by atoms with E-state index < -0.39 is 0 Å². The smallest absolute Gasteiger partial charge is 0.137 e. The number of fused-ring (bicyclic) bond motifs is 1. The number of pyridine rings is 1. The highest BCUT2D eigenvalue weighted by atomic mass is 15.1. The lowest BCUT2D eigenvalue weighted by Gasteiger charge is -2.12. The zero-order valence-corrected chi connectivity index (χ0v) is 9.33. The number of aromatic nitrogens is 2. The third-order valence-corrected chi connectivity index (χ3v) is 2.84. The van der Waals surface area contributed by atoms with Gasteiger partial charge in [-0.2, -0.15) is 0 Å². The molecule has 0 atom stereocenters. The Morgan fingerprint density at radius 1 is 1.47 bits per heavy atom. The molecule has 80 valence electrons. The molecule has 0 spiro atoms. The van der Waals surface area contributed by atoms with Gasteiger partial charge in [-0.25, -0.2) is 4.98 Å². The first kappa shape index (κ1) is 10.2. The van der Waals surface area contributed by atoms with Crippen molar-refractivity contribution in [3.05, 3.63) is 30.1 Å². The first-order valence-corrected chi connectivity index (χ1v) is 5.40. The van der Waals surface area contributed by atoms with Crippen molar-refractivity contribution in [3.63, 3.8) is 0 Å². The molecule has 0 saturated heterocycles. The molecule has 3 nitrogen and oxygen atoms in total. The fourth-order valence-corrected chi connectivity index (χ4v) is 1.69. The standard InChI is InChI=1S/C12H17N3/c1-3-15(2)8-6-10-9-14-12-11(10)5-4-7-13-12/h4-5,7,9H,3,6,8H2,1-2H3,(H,13,14). The summed E-state index contributed by atoms with van der Waals surface area (Å²) in [5, 5.41) is 1.25. The van der Waals surface area contributed by atoms with Crippen LogP contribution < -0.4 is 0 Å². The van der Waals surface area contributed by atoms with Crippen LogP contribution in [0.25, 0.3) is 11.0 Å². The van der Waals surface area contributed by atoms with Crippen LogP contribution in [0.2, 0.25) is 0 Å². The van der Waals surface area contributed by atoms with Gasteiger partial charge in [-0.15, -0.1) is 0 Å². The normalized spacial score (nSPS) is 11.4. The lowest BCUT2D eigenvalue weighted by Crippen LogP contribution is -2.20. The van der Waals surface area contributed by atoms with Gasteiger partial charge in [-0.05, 0) is 37.7 Å². The highest BCUT2D eigenvalue weighted by molar-refractivity contribution is 5.79. The molecule has 15 heavy (non-hydrogen) atoms. The zero-order chi connectivity index (χ0) is 10.7. The SMILES string of the molecule is CCN(C)CCc1c[nH]c2ncccc12. The zero-order valence-electron chi connectivity index (χ0n) is 9.33. The predicted octanol–water partition coefficient (Wildman–Crippen LogP) is 2.06. The summed E-state index contributed by atoms with van der Waals surface area (Å²) in [5.41, 5.74) is 2.35. The average Bonchev–Trinajstić information content (AvgIpc) is 2.69. The van der Waals surface area contributed by atoms with Gasteiger partial charge in [0.1, 0.15) is 5.65 Å². The van der Waals surface area contributed by atoms with Gasteiger partial charge < -0.3 is 9.88 Å². The van der Waals surface area contributed by atoms with Crippen LogP contribution in [-0.2, 0) is 6.42 Å². The molecule has 0 aromatic carbocycles. The van der Waals surface area contributed by atoms with E-state index in [1.54, 1.807) is 0 Å². The van der Waals surface area contributed by atoms with Crippen molar-refractivity contribution in [2.75, 3.05) is 20.1 Å². The van der Waals surface area contributed by atoms with Crippen LogP contribution >= 0.6 is 0 Å². The first-order valence-electron chi connectivity index (χ1n) is 5.40. The van der Waals surface area contributed by atoms with E-state index in [0.717, 1.165) is 25.2 Å². The number of rotatable bonds is 4. The Hall–Kier alpha value is -1.35. The minimum atomic E-state index is 0.992. The van der Waals surface area contributed by atoms with E-state index in [1.165, 1.54) is 10.9 Å². The summed E-state index contributed by atoms with van der Waals surface area (Å²) in [4.78, 5) is 9.79. The summed E-state index contributed by atoms with van der Waals surface area (Å²) in [6.07, 6.45) is 4.97. The fourth-order valence-electron chi connectivity index (χ4n) is 1.69. The van der Waals surface area contributed by atoms with Crippen molar-refractivity contribution in [3.8, 4) is 0 Å². The molecule has 3 heteroatoms. The van der Waals surface area contributed by atoms with E-state index in [1.807, 2.05) is 12.3 Å². The lowest BCUT2D eigenvalue weighted by molar-refractivity contribution is 0.358. The van der Waals surface area contributed by atoms with Crippen LogP contribution in [0.1, 0.15) is 12.5 Å². The van der Waals surface area contributed by atoms with E-state index in [4.69, 9.17) is 0 Å². The maximum absolute atomic E-state index is 4.28. The second kappa shape index (κ2) is 4.45. The molecular formula is C12H17N3. The van der Waals surface area contributed by atoms with Crippen LogP contribution in [0, 0.1) is 0 Å². The van der Waals surface area contributed by atoms with E-state index in [0.29, 0.717) is 0 Å². The number of hydrogen-bond acceptors (Lipinski definition) is 2. The molecule has 2 aromatic heterocycles. The van der Waals surface area contributed by atoms with Crippen LogP contribution in [-0.4, -0.2) is 35.0 Å². The van der Waals surface area contributed by atoms with E-state index in [9.17, 15) is 0 Å². The van der Waals surface area contributed by atoms with Crippen molar-refractivity contribution in [2.45, 2.75) is 13.3 Å². The molecule has 2 aromatic rings. The Balaban J connectivity index is 2.14. The van der Waals surface area contributed by atoms with Gasteiger partial charge in [0.25, 0.3) is 0 Å². The molecule has 2 rings (SSSR count). The molecule has 0 amide bonds. The monoisotopic (exact) mass is 203 g/mol. The van der Waals surface area contributed by atoms with Gasteiger partial charge in [0.15, 0.2) is 0 Å². The summed E-state index contributed by atoms with van der Waals surface area (Å²) in [5.74, 6) is 0. The van der Waals surface area contributed by atoms with Crippen molar-refractivity contribution >= 4 is 11.0 Å². The maximum atomic E-state index is 4.28. The van der Waals surface area contributed by atoms with Crippen molar-refractivity contribution in [1.29, 1.82) is 0 Å². The van der Waals surface area contributed by atoms with Crippen LogP contribution in [0.5, 0.6) is 0 Å². The van der Waals surface area contributed by atoms with E-state index in [2.05, 4.69) is 41.1 Å². The molecule has 0 aliphatic heterocycles. The molecule has 0 aliphatic rings. The Labute approximate surface area is 90.1 Å². The quantitative estimate of drug-likeness (QED) is 0.824. The van der Waals surface area contributed by atoms with Crippen molar-refractivity contribution in [2.24, 2.45) is 0 Å². The Morgan fingerprint density at radius 3 is 3.13 bits per heavy atom. The molecule has 0 aliphatic carbocycles. The van der Waals surface area contributed by atoms with Crippen molar-refractivity contribution < 1.29 is 0 Å². The number of nitrogens with one attached hydrogen (secondary N) is 1. The Bertz CT molecular complexity index is 433. The minimum absolute atomic E-state index is 0.992. The first-order chi connectivity index (χ1) is 7.31. The number of likely N-dealkylation sites (N-methyl/N-ethyl adjacent to an activating group) is 1.